The summed E-state index contributed by atoms with van der Waals surface area (Å²) >= 11 is 0. The van der Waals surface area contributed by atoms with Crippen molar-refractivity contribution in [1.82, 2.24) is 0 Å². The molecule has 0 unspecified atom stereocenters. The van der Waals surface area contributed by atoms with Gasteiger partial charge >= 0.3 is 6.09 Å². The molecule has 0 aromatic heterocycles. The van der Waals surface area contributed by atoms with Crippen LogP contribution in [-0.2, 0) is 17.8 Å². The normalized spacial score (nSPS) is 9.62. The zero-order chi connectivity index (χ0) is 9.68. The number of benzene rings is 1. The van der Waals surface area contributed by atoms with Gasteiger partial charge in [-0.25, -0.2) is 4.79 Å². The molecule has 0 aliphatic heterocycles. The fraction of sp³-hybridized carbons (Fsp3) is 0.300. The van der Waals surface area contributed by atoms with Gasteiger partial charge in [0.05, 0.1) is 0 Å². The number of carbonyl (C=O) groups is 1. The second kappa shape index (κ2) is 4.50. The highest BCUT2D eigenvalue weighted by molar-refractivity contribution is 5.64. The standard InChI is InChI=1S/C10H13NO2/c1-2-8-5-3-4-6-9(8)7-13-10(11)12/h3-6H,2,7H2,1H3,(H2,11,12). The Morgan fingerprint density at radius 1 is 1.38 bits per heavy atom. The number of amides is 1. The van der Waals surface area contributed by atoms with Gasteiger partial charge in [0.25, 0.3) is 0 Å². The molecule has 1 aromatic rings. The second-order valence-corrected chi connectivity index (χ2v) is 2.73. The third-order valence-electron chi connectivity index (χ3n) is 1.87. The summed E-state index contributed by atoms with van der Waals surface area (Å²) in [6.45, 7) is 2.32. The van der Waals surface area contributed by atoms with Crippen LogP contribution < -0.4 is 5.73 Å². The van der Waals surface area contributed by atoms with Gasteiger partial charge in [0.2, 0.25) is 0 Å². The molecule has 0 heterocycles. The van der Waals surface area contributed by atoms with Gasteiger partial charge in [-0.2, -0.15) is 0 Å². The molecule has 1 rings (SSSR count). The topological polar surface area (TPSA) is 52.3 Å². The smallest absolute Gasteiger partial charge is 0.404 e. The average Bonchev–Trinajstić information content (AvgIpc) is 2.15. The molecule has 0 aliphatic rings. The van der Waals surface area contributed by atoms with Crippen molar-refractivity contribution in [2.45, 2.75) is 20.0 Å². The highest BCUT2D eigenvalue weighted by atomic mass is 16.5. The largest absolute Gasteiger partial charge is 0.445 e. The van der Waals surface area contributed by atoms with Crippen molar-refractivity contribution in [3.63, 3.8) is 0 Å². The average molecular weight is 179 g/mol. The van der Waals surface area contributed by atoms with E-state index in [1.807, 2.05) is 24.3 Å². The summed E-state index contributed by atoms with van der Waals surface area (Å²) in [6.07, 6.45) is 0.198. The van der Waals surface area contributed by atoms with Crippen LogP contribution >= 0.6 is 0 Å². The van der Waals surface area contributed by atoms with Gasteiger partial charge in [-0.3, -0.25) is 0 Å². The Hall–Kier alpha value is -1.51. The van der Waals surface area contributed by atoms with Crippen LogP contribution in [0.2, 0.25) is 0 Å². The maximum Gasteiger partial charge on any atom is 0.404 e. The lowest BCUT2D eigenvalue weighted by molar-refractivity contribution is 0.150. The molecule has 0 saturated carbocycles. The molecular weight excluding hydrogens is 166 g/mol. The highest BCUT2D eigenvalue weighted by Crippen LogP contribution is 2.10. The van der Waals surface area contributed by atoms with Crippen LogP contribution in [0, 0.1) is 0 Å². The van der Waals surface area contributed by atoms with E-state index in [0.717, 1.165) is 12.0 Å². The minimum atomic E-state index is -0.731. The first-order valence-corrected chi connectivity index (χ1v) is 4.23. The third kappa shape index (κ3) is 2.78. The van der Waals surface area contributed by atoms with Crippen LogP contribution in [0.15, 0.2) is 24.3 Å². The van der Waals surface area contributed by atoms with Crippen molar-refractivity contribution < 1.29 is 9.53 Å². The summed E-state index contributed by atoms with van der Waals surface area (Å²) < 4.78 is 4.71. The zero-order valence-electron chi connectivity index (χ0n) is 7.62. The van der Waals surface area contributed by atoms with Gasteiger partial charge in [0.15, 0.2) is 0 Å². The van der Waals surface area contributed by atoms with Gasteiger partial charge in [-0.05, 0) is 17.5 Å². The number of primary amides is 1. The lowest BCUT2D eigenvalue weighted by atomic mass is 10.1. The van der Waals surface area contributed by atoms with E-state index in [4.69, 9.17) is 10.5 Å². The van der Waals surface area contributed by atoms with Crippen molar-refractivity contribution in [1.29, 1.82) is 0 Å². The maximum atomic E-state index is 10.4. The summed E-state index contributed by atoms with van der Waals surface area (Å²) in [6, 6.07) is 7.83. The van der Waals surface area contributed by atoms with Gasteiger partial charge < -0.3 is 10.5 Å². The van der Waals surface area contributed by atoms with E-state index in [-0.39, 0.29) is 6.61 Å². The number of carbonyl (C=O) groups excluding carboxylic acids is 1. The predicted octanol–water partition coefficient (Wildman–Crippen LogP) is 1.84. The molecule has 70 valence electrons. The highest BCUT2D eigenvalue weighted by Gasteiger charge is 2.01. The quantitative estimate of drug-likeness (QED) is 0.769. The maximum absolute atomic E-state index is 10.4. The third-order valence-corrected chi connectivity index (χ3v) is 1.87. The molecule has 0 spiro atoms. The van der Waals surface area contributed by atoms with E-state index in [1.165, 1.54) is 5.56 Å². The van der Waals surface area contributed by atoms with Gasteiger partial charge in [-0.15, -0.1) is 0 Å². The summed E-state index contributed by atoms with van der Waals surface area (Å²) in [5, 5.41) is 0. The van der Waals surface area contributed by atoms with Crippen LogP contribution in [0.25, 0.3) is 0 Å². The molecule has 0 saturated heterocycles. The summed E-state index contributed by atoms with van der Waals surface area (Å²) in [7, 11) is 0. The predicted molar refractivity (Wildman–Crippen MR) is 50.2 cm³/mol. The fourth-order valence-corrected chi connectivity index (χ4v) is 1.19. The van der Waals surface area contributed by atoms with Gasteiger partial charge in [0, 0.05) is 0 Å². The minimum absolute atomic E-state index is 0.263. The molecule has 0 radical (unpaired) electrons. The molecule has 0 bridgehead atoms. The SMILES string of the molecule is CCc1ccccc1COC(N)=O. The van der Waals surface area contributed by atoms with Gasteiger partial charge in [0.1, 0.15) is 6.61 Å². The van der Waals surface area contributed by atoms with Crippen molar-refractivity contribution in [3.05, 3.63) is 35.4 Å². The monoisotopic (exact) mass is 179 g/mol. The number of nitrogens with two attached hydrogens (primary N) is 1. The molecule has 1 aromatic carbocycles. The van der Waals surface area contributed by atoms with Crippen LogP contribution in [0.1, 0.15) is 18.1 Å². The Morgan fingerprint density at radius 3 is 2.54 bits per heavy atom. The van der Waals surface area contributed by atoms with Crippen LogP contribution in [0.4, 0.5) is 4.79 Å². The van der Waals surface area contributed by atoms with Crippen molar-refractivity contribution in [3.8, 4) is 0 Å². The number of hydrogen-bond donors (Lipinski definition) is 1. The minimum Gasteiger partial charge on any atom is -0.445 e. The summed E-state index contributed by atoms with van der Waals surface area (Å²) in [4.78, 5) is 10.4. The molecule has 0 fully saturated rings. The lowest BCUT2D eigenvalue weighted by Gasteiger charge is -2.06. The molecular formula is C10H13NO2. The Labute approximate surface area is 77.5 Å². The first kappa shape index (κ1) is 9.58. The van der Waals surface area contributed by atoms with Crippen LogP contribution in [0.3, 0.4) is 0 Å². The molecule has 3 heteroatoms. The van der Waals surface area contributed by atoms with E-state index >= 15 is 0 Å². The number of hydrogen-bond acceptors (Lipinski definition) is 2. The van der Waals surface area contributed by atoms with E-state index in [1.54, 1.807) is 0 Å². The molecule has 0 atom stereocenters. The fourth-order valence-electron chi connectivity index (χ4n) is 1.19. The van der Waals surface area contributed by atoms with Crippen LogP contribution in [0.5, 0.6) is 0 Å². The molecule has 13 heavy (non-hydrogen) atoms. The number of ether oxygens (including phenoxy) is 1. The second-order valence-electron chi connectivity index (χ2n) is 2.73. The Balaban J connectivity index is 2.69. The number of aryl methyl sites for hydroxylation is 1. The zero-order valence-corrected chi connectivity index (χ0v) is 7.62. The van der Waals surface area contributed by atoms with E-state index < -0.39 is 6.09 Å². The van der Waals surface area contributed by atoms with Crippen molar-refractivity contribution >= 4 is 6.09 Å². The van der Waals surface area contributed by atoms with Gasteiger partial charge in [-0.1, -0.05) is 31.2 Å². The Morgan fingerprint density at radius 2 is 2.00 bits per heavy atom. The molecule has 1 amide bonds. The molecule has 0 aliphatic carbocycles. The van der Waals surface area contributed by atoms with Crippen molar-refractivity contribution in [2.24, 2.45) is 5.73 Å². The summed E-state index contributed by atoms with van der Waals surface area (Å²) in [5.41, 5.74) is 7.07. The molecule has 3 nitrogen and oxygen atoms in total. The first-order chi connectivity index (χ1) is 6.24. The van der Waals surface area contributed by atoms with Crippen LogP contribution in [-0.4, -0.2) is 6.09 Å². The van der Waals surface area contributed by atoms with Crippen molar-refractivity contribution in [2.75, 3.05) is 0 Å². The Bertz CT molecular complexity index is 297. The number of rotatable bonds is 3. The lowest BCUT2D eigenvalue weighted by Crippen LogP contribution is -2.13. The van der Waals surface area contributed by atoms with E-state index in [0.29, 0.717) is 0 Å². The Kier molecular flexibility index (Phi) is 3.31. The first-order valence-electron chi connectivity index (χ1n) is 4.23. The van der Waals surface area contributed by atoms with E-state index in [9.17, 15) is 4.79 Å². The van der Waals surface area contributed by atoms with E-state index in [2.05, 4.69) is 6.92 Å². The molecule has 2 N–H and O–H groups in total. The summed E-state index contributed by atoms with van der Waals surface area (Å²) in [5.74, 6) is 0.